The third kappa shape index (κ3) is 2.87. The molecule has 0 spiro atoms. The Morgan fingerprint density at radius 2 is 1.92 bits per heavy atom. The number of amides is 1. The van der Waals surface area contributed by atoms with Gasteiger partial charge >= 0.3 is 0 Å². The maximum Gasteiger partial charge on any atom is 0.275 e. The molecule has 3 aromatic heterocycles. The summed E-state index contributed by atoms with van der Waals surface area (Å²) in [7, 11) is 0. The van der Waals surface area contributed by atoms with Gasteiger partial charge < -0.3 is 9.73 Å². The van der Waals surface area contributed by atoms with E-state index in [2.05, 4.69) is 15.3 Å². The molecule has 0 fully saturated rings. The normalized spacial score (nSPS) is 10.9. The molecule has 0 aliphatic carbocycles. The number of rotatable bonds is 4. The highest BCUT2D eigenvalue weighted by atomic mass is 19.1. The highest BCUT2D eigenvalue weighted by molar-refractivity contribution is 5.93. The minimum atomic E-state index is -0.696. The number of benzene rings is 1. The first kappa shape index (κ1) is 15.1. The number of carbonyl (C=O) groups excluding carboxylic acids is 1. The van der Waals surface area contributed by atoms with Gasteiger partial charge in [-0.1, -0.05) is 24.3 Å². The highest BCUT2D eigenvalue weighted by Gasteiger charge is 2.19. The van der Waals surface area contributed by atoms with Gasteiger partial charge in [-0.05, 0) is 24.3 Å². The SMILES string of the molecule is O=C(NCc1coc(-c2ccccc2)n1)c1nc2ccccn2c1F. The Morgan fingerprint density at radius 3 is 2.72 bits per heavy atom. The summed E-state index contributed by atoms with van der Waals surface area (Å²) in [5.41, 5.74) is 1.50. The number of fused-ring (bicyclic) bond motifs is 1. The van der Waals surface area contributed by atoms with Gasteiger partial charge in [-0.25, -0.2) is 9.97 Å². The van der Waals surface area contributed by atoms with Crippen molar-refractivity contribution >= 4 is 11.6 Å². The van der Waals surface area contributed by atoms with E-state index in [4.69, 9.17) is 4.42 Å². The van der Waals surface area contributed by atoms with Gasteiger partial charge in [0.25, 0.3) is 5.91 Å². The summed E-state index contributed by atoms with van der Waals surface area (Å²) in [5.74, 6) is -0.840. The number of pyridine rings is 1. The average molecular weight is 336 g/mol. The Morgan fingerprint density at radius 1 is 1.12 bits per heavy atom. The van der Waals surface area contributed by atoms with Gasteiger partial charge in [-0.3, -0.25) is 9.20 Å². The number of hydrogen-bond acceptors (Lipinski definition) is 4. The molecule has 0 atom stereocenters. The first-order valence-corrected chi connectivity index (χ1v) is 7.63. The van der Waals surface area contributed by atoms with Gasteiger partial charge in [-0.15, -0.1) is 0 Å². The van der Waals surface area contributed by atoms with E-state index in [1.807, 2.05) is 30.3 Å². The molecule has 1 amide bonds. The van der Waals surface area contributed by atoms with Gasteiger partial charge in [0, 0.05) is 11.8 Å². The minimum Gasteiger partial charge on any atom is -0.444 e. The second-order valence-corrected chi connectivity index (χ2v) is 5.37. The van der Waals surface area contributed by atoms with Crippen molar-refractivity contribution in [2.45, 2.75) is 6.54 Å². The standard InChI is InChI=1S/C18H13FN4O2/c19-16-15(22-14-8-4-5-9-23(14)16)17(24)20-10-13-11-25-18(21-13)12-6-2-1-3-7-12/h1-9,11H,10H2,(H,20,24). The first-order valence-electron chi connectivity index (χ1n) is 7.63. The molecule has 0 saturated carbocycles. The van der Waals surface area contributed by atoms with E-state index in [0.29, 0.717) is 17.2 Å². The van der Waals surface area contributed by atoms with Crippen LogP contribution < -0.4 is 5.32 Å². The molecule has 4 rings (SSSR count). The van der Waals surface area contributed by atoms with E-state index in [0.717, 1.165) is 5.56 Å². The summed E-state index contributed by atoms with van der Waals surface area (Å²) < 4.78 is 20.9. The Balaban J connectivity index is 1.48. The number of nitrogens with one attached hydrogen (secondary N) is 1. The van der Waals surface area contributed by atoms with Crippen LogP contribution in [-0.2, 0) is 6.54 Å². The highest BCUT2D eigenvalue weighted by Crippen LogP contribution is 2.18. The van der Waals surface area contributed by atoms with Crippen molar-refractivity contribution in [3.05, 3.63) is 78.3 Å². The van der Waals surface area contributed by atoms with Crippen molar-refractivity contribution in [3.8, 4) is 11.5 Å². The van der Waals surface area contributed by atoms with Crippen molar-refractivity contribution in [1.29, 1.82) is 0 Å². The zero-order chi connectivity index (χ0) is 17.2. The predicted molar refractivity (Wildman–Crippen MR) is 88.3 cm³/mol. The largest absolute Gasteiger partial charge is 0.444 e. The van der Waals surface area contributed by atoms with Crippen molar-refractivity contribution in [3.63, 3.8) is 0 Å². The molecule has 0 bridgehead atoms. The number of nitrogens with zero attached hydrogens (tertiary/aromatic N) is 3. The van der Waals surface area contributed by atoms with Gasteiger partial charge in [0.15, 0.2) is 5.69 Å². The average Bonchev–Trinajstić information content (AvgIpc) is 3.26. The van der Waals surface area contributed by atoms with Crippen LogP contribution in [-0.4, -0.2) is 20.3 Å². The van der Waals surface area contributed by atoms with Gasteiger partial charge in [0.1, 0.15) is 11.9 Å². The molecule has 3 heterocycles. The lowest BCUT2D eigenvalue weighted by Gasteiger charge is -1.99. The molecule has 0 unspecified atom stereocenters. The van der Waals surface area contributed by atoms with Crippen molar-refractivity contribution in [2.75, 3.05) is 0 Å². The summed E-state index contributed by atoms with van der Waals surface area (Å²) in [5, 5.41) is 2.60. The molecule has 0 radical (unpaired) electrons. The van der Waals surface area contributed by atoms with Crippen molar-refractivity contribution in [1.82, 2.24) is 19.7 Å². The monoisotopic (exact) mass is 336 g/mol. The third-order valence-electron chi connectivity index (χ3n) is 3.69. The quantitative estimate of drug-likeness (QED) is 0.622. The van der Waals surface area contributed by atoms with Crippen LogP contribution in [0.3, 0.4) is 0 Å². The molecule has 1 N–H and O–H groups in total. The molecule has 0 aliphatic heterocycles. The van der Waals surface area contributed by atoms with Gasteiger partial charge in [0.05, 0.1) is 12.2 Å². The Kier molecular flexibility index (Phi) is 3.74. The third-order valence-corrected chi connectivity index (χ3v) is 3.69. The molecule has 6 nitrogen and oxygen atoms in total. The Labute approximate surface area is 142 Å². The molecular weight excluding hydrogens is 323 g/mol. The second-order valence-electron chi connectivity index (χ2n) is 5.37. The number of hydrogen-bond donors (Lipinski definition) is 1. The smallest absolute Gasteiger partial charge is 0.275 e. The van der Waals surface area contributed by atoms with Crippen LogP contribution in [0.4, 0.5) is 4.39 Å². The summed E-state index contributed by atoms with van der Waals surface area (Å²) in [6, 6.07) is 14.4. The lowest BCUT2D eigenvalue weighted by molar-refractivity contribution is 0.0941. The first-order chi connectivity index (χ1) is 12.2. The lowest BCUT2D eigenvalue weighted by atomic mass is 10.2. The fourth-order valence-corrected chi connectivity index (χ4v) is 2.47. The maximum atomic E-state index is 14.2. The second kappa shape index (κ2) is 6.20. The zero-order valence-electron chi connectivity index (χ0n) is 13.0. The summed E-state index contributed by atoms with van der Waals surface area (Å²) in [6.07, 6.45) is 2.97. The predicted octanol–water partition coefficient (Wildman–Crippen LogP) is 3.06. The van der Waals surface area contributed by atoms with Crippen LogP contribution in [0.2, 0.25) is 0 Å². The fourth-order valence-electron chi connectivity index (χ4n) is 2.47. The summed E-state index contributed by atoms with van der Waals surface area (Å²) in [6.45, 7) is 0.114. The van der Waals surface area contributed by atoms with E-state index in [-0.39, 0.29) is 12.2 Å². The van der Waals surface area contributed by atoms with Crippen LogP contribution in [0.25, 0.3) is 17.1 Å². The molecule has 124 valence electrons. The maximum absolute atomic E-state index is 14.2. The lowest BCUT2D eigenvalue weighted by Crippen LogP contribution is -2.24. The molecular formula is C18H13FN4O2. The Bertz CT molecular complexity index is 1040. The van der Waals surface area contributed by atoms with Crippen LogP contribution >= 0.6 is 0 Å². The zero-order valence-corrected chi connectivity index (χ0v) is 13.0. The molecule has 25 heavy (non-hydrogen) atoms. The Hall–Kier alpha value is -3.48. The topological polar surface area (TPSA) is 72.4 Å². The van der Waals surface area contributed by atoms with E-state index in [1.165, 1.54) is 16.9 Å². The molecule has 4 aromatic rings. The minimum absolute atomic E-state index is 0.114. The van der Waals surface area contributed by atoms with E-state index in [1.54, 1.807) is 18.2 Å². The molecule has 0 aliphatic rings. The van der Waals surface area contributed by atoms with Crippen molar-refractivity contribution in [2.24, 2.45) is 0 Å². The fraction of sp³-hybridized carbons (Fsp3) is 0.0556. The van der Waals surface area contributed by atoms with Crippen LogP contribution in [0.1, 0.15) is 16.2 Å². The molecule has 0 saturated heterocycles. The van der Waals surface area contributed by atoms with E-state index < -0.39 is 11.9 Å². The van der Waals surface area contributed by atoms with Crippen LogP contribution in [0.15, 0.2) is 65.4 Å². The number of carbonyl (C=O) groups is 1. The number of oxazole rings is 1. The van der Waals surface area contributed by atoms with Crippen LogP contribution in [0.5, 0.6) is 0 Å². The summed E-state index contributed by atoms with van der Waals surface area (Å²) in [4.78, 5) is 20.5. The number of imidazole rings is 1. The van der Waals surface area contributed by atoms with Gasteiger partial charge in [-0.2, -0.15) is 4.39 Å². The van der Waals surface area contributed by atoms with Gasteiger partial charge in [0.2, 0.25) is 11.8 Å². The van der Waals surface area contributed by atoms with E-state index >= 15 is 0 Å². The van der Waals surface area contributed by atoms with E-state index in [9.17, 15) is 9.18 Å². The number of aromatic nitrogens is 3. The number of halogens is 1. The summed E-state index contributed by atoms with van der Waals surface area (Å²) >= 11 is 0. The molecule has 7 heteroatoms. The van der Waals surface area contributed by atoms with Crippen LogP contribution in [0, 0.1) is 5.95 Å². The van der Waals surface area contributed by atoms with Crippen molar-refractivity contribution < 1.29 is 13.6 Å². The molecule has 1 aromatic carbocycles.